The molecule has 1 aliphatic heterocycles. The van der Waals surface area contributed by atoms with Crippen LogP contribution in [-0.2, 0) is 0 Å². The van der Waals surface area contributed by atoms with E-state index in [9.17, 15) is 4.39 Å². The first kappa shape index (κ1) is 17.5. The monoisotopic (exact) mass is 390 g/mol. The number of anilines is 1. The van der Waals surface area contributed by atoms with E-state index in [2.05, 4.69) is 25.1 Å². The second-order valence-corrected chi connectivity index (χ2v) is 7.00. The van der Waals surface area contributed by atoms with E-state index in [1.807, 2.05) is 12.1 Å². The Morgan fingerprint density at radius 2 is 1.79 bits per heavy atom. The maximum absolute atomic E-state index is 14.0. The Morgan fingerprint density at radius 3 is 2.59 bits per heavy atom. The molecule has 0 radical (unpaired) electrons. The minimum absolute atomic E-state index is 0.322. The standard InChI is InChI=1S/C21H19FN6O/c22-17-6-2-3-7-18(17)28-14-16(13-24-28)21-25-20(26-29-21)15-8-9-19(23-12-15)27-10-4-1-5-11-27/h2-3,6-9,12-14H,1,4-5,10-11H2. The normalized spacial score (nSPS) is 14.3. The van der Waals surface area contributed by atoms with Crippen molar-refractivity contribution in [3.05, 3.63) is 60.8 Å². The molecule has 0 unspecified atom stereocenters. The van der Waals surface area contributed by atoms with Gasteiger partial charge >= 0.3 is 0 Å². The molecule has 0 spiro atoms. The highest BCUT2D eigenvalue weighted by Gasteiger charge is 2.16. The van der Waals surface area contributed by atoms with Gasteiger partial charge in [-0.25, -0.2) is 14.1 Å². The van der Waals surface area contributed by atoms with Crippen LogP contribution in [0.1, 0.15) is 19.3 Å². The molecule has 1 saturated heterocycles. The molecule has 0 amide bonds. The van der Waals surface area contributed by atoms with Crippen molar-refractivity contribution >= 4 is 5.82 Å². The van der Waals surface area contributed by atoms with Gasteiger partial charge in [0.15, 0.2) is 0 Å². The van der Waals surface area contributed by atoms with Crippen LogP contribution in [0.15, 0.2) is 59.5 Å². The Balaban J connectivity index is 1.36. The van der Waals surface area contributed by atoms with Crippen LogP contribution in [0.3, 0.4) is 0 Å². The third-order valence-corrected chi connectivity index (χ3v) is 5.04. The number of benzene rings is 1. The Labute approximate surface area is 166 Å². The first-order valence-corrected chi connectivity index (χ1v) is 9.63. The second-order valence-electron chi connectivity index (χ2n) is 7.00. The summed E-state index contributed by atoms with van der Waals surface area (Å²) in [5.41, 5.74) is 1.75. The quantitative estimate of drug-likeness (QED) is 0.522. The highest BCUT2D eigenvalue weighted by atomic mass is 19.1. The molecule has 0 bridgehead atoms. The van der Waals surface area contributed by atoms with Crippen LogP contribution in [0, 0.1) is 5.82 Å². The molecule has 1 fully saturated rings. The number of hydrogen-bond acceptors (Lipinski definition) is 6. The zero-order chi connectivity index (χ0) is 19.6. The van der Waals surface area contributed by atoms with Gasteiger partial charge in [-0.2, -0.15) is 10.1 Å². The third-order valence-electron chi connectivity index (χ3n) is 5.04. The van der Waals surface area contributed by atoms with Crippen LogP contribution in [0.25, 0.3) is 28.5 Å². The van der Waals surface area contributed by atoms with E-state index in [1.54, 1.807) is 36.8 Å². The average molecular weight is 390 g/mol. The summed E-state index contributed by atoms with van der Waals surface area (Å²) in [6.45, 7) is 2.09. The highest BCUT2D eigenvalue weighted by molar-refractivity contribution is 5.60. The van der Waals surface area contributed by atoms with Crippen molar-refractivity contribution in [3.8, 4) is 28.5 Å². The molecule has 0 saturated carbocycles. The molecule has 1 aromatic carbocycles. The van der Waals surface area contributed by atoms with Gasteiger partial charge in [0.2, 0.25) is 5.82 Å². The maximum Gasteiger partial charge on any atom is 0.261 e. The van der Waals surface area contributed by atoms with Gasteiger partial charge in [0.1, 0.15) is 17.3 Å². The minimum atomic E-state index is -0.353. The fourth-order valence-corrected chi connectivity index (χ4v) is 3.49. The number of halogens is 1. The number of aromatic nitrogens is 5. The molecule has 0 aliphatic carbocycles. The fraction of sp³-hybridized carbons (Fsp3) is 0.238. The Morgan fingerprint density at radius 1 is 0.931 bits per heavy atom. The van der Waals surface area contributed by atoms with Gasteiger partial charge in [-0.1, -0.05) is 17.3 Å². The van der Waals surface area contributed by atoms with Gasteiger partial charge in [-0.3, -0.25) is 0 Å². The van der Waals surface area contributed by atoms with Crippen molar-refractivity contribution in [1.29, 1.82) is 0 Å². The summed E-state index contributed by atoms with van der Waals surface area (Å²) < 4.78 is 20.8. The molecule has 146 valence electrons. The molecule has 8 heteroatoms. The topological polar surface area (TPSA) is 72.9 Å². The summed E-state index contributed by atoms with van der Waals surface area (Å²) in [6, 6.07) is 10.4. The van der Waals surface area contributed by atoms with Gasteiger partial charge in [0.25, 0.3) is 5.89 Å². The molecule has 29 heavy (non-hydrogen) atoms. The molecule has 0 atom stereocenters. The van der Waals surface area contributed by atoms with Gasteiger partial charge in [-0.05, 0) is 43.5 Å². The number of nitrogens with zero attached hydrogens (tertiary/aromatic N) is 6. The number of para-hydroxylation sites is 1. The zero-order valence-electron chi connectivity index (χ0n) is 15.7. The molecule has 7 nitrogen and oxygen atoms in total. The van der Waals surface area contributed by atoms with Crippen molar-refractivity contribution < 1.29 is 8.91 Å². The van der Waals surface area contributed by atoms with E-state index >= 15 is 0 Å². The van der Waals surface area contributed by atoms with Crippen molar-refractivity contribution in [2.45, 2.75) is 19.3 Å². The van der Waals surface area contributed by atoms with E-state index < -0.39 is 0 Å². The molecular weight excluding hydrogens is 371 g/mol. The van der Waals surface area contributed by atoms with E-state index in [1.165, 1.54) is 30.0 Å². The van der Waals surface area contributed by atoms with Gasteiger partial charge in [-0.15, -0.1) is 0 Å². The number of rotatable bonds is 4. The van der Waals surface area contributed by atoms with Crippen LogP contribution in [0.4, 0.5) is 10.2 Å². The van der Waals surface area contributed by atoms with E-state index in [0.717, 1.165) is 24.5 Å². The number of piperidine rings is 1. The number of hydrogen-bond donors (Lipinski definition) is 0. The van der Waals surface area contributed by atoms with E-state index in [4.69, 9.17) is 4.52 Å². The predicted octanol–water partition coefficient (Wildman–Crippen LogP) is 4.11. The molecule has 3 aromatic heterocycles. The zero-order valence-corrected chi connectivity index (χ0v) is 15.7. The Bertz CT molecular complexity index is 1110. The third kappa shape index (κ3) is 3.49. The van der Waals surface area contributed by atoms with Crippen LogP contribution >= 0.6 is 0 Å². The van der Waals surface area contributed by atoms with Gasteiger partial charge in [0, 0.05) is 31.0 Å². The molecule has 4 heterocycles. The maximum atomic E-state index is 14.0. The smallest absolute Gasteiger partial charge is 0.261 e. The lowest BCUT2D eigenvalue weighted by Crippen LogP contribution is -2.29. The molecular formula is C21H19FN6O. The lowest BCUT2D eigenvalue weighted by atomic mass is 10.1. The first-order valence-electron chi connectivity index (χ1n) is 9.63. The predicted molar refractivity (Wildman–Crippen MR) is 106 cm³/mol. The van der Waals surface area contributed by atoms with Crippen LogP contribution in [0.2, 0.25) is 0 Å². The SMILES string of the molecule is Fc1ccccc1-n1cc(-c2nc(-c3ccc(N4CCCCC4)nc3)no2)cn1. The summed E-state index contributed by atoms with van der Waals surface area (Å²) in [4.78, 5) is 11.3. The summed E-state index contributed by atoms with van der Waals surface area (Å²) in [5.74, 6) is 1.40. The summed E-state index contributed by atoms with van der Waals surface area (Å²) in [5, 5.41) is 8.25. The van der Waals surface area contributed by atoms with E-state index in [-0.39, 0.29) is 5.82 Å². The molecule has 0 N–H and O–H groups in total. The molecule has 1 aliphatic rings. The minimum Gasteiger partial charge on any atom is -0.357 e. The Hall–Kier alpha value is -3.55. The van der Waals surface area contributed by atoms with Crippen molar-refractivity contribution in [3.63, 3.8) is 0 Å². The van der Waals surface area contributed by atoms with Gasteiger partial charge < -0.3 is 9.42 Å². The van der Waals surface area contributed by atoms with Crippen LogP contribution in [-0.4, -0.2) is 38.0 Å². The van der Waals surface area contributed by atoms with Crippen molar-refractivity contribution in [1.82, 2.24) is 24.9 Å². The van der Waals surface area contributed by atoms with E-state index in [0.29, 0.717) is 23.0 Å². The summed E-state index contributed by atoms with van der Waals surface area (Å²) >= 11 is 0. The first-order chi connectivity index (χ1) is 14.3. The van der Waals surface area contributed by atoms with Crippen LogP contribution < -0.4 is 4.90 Å². The van der Waals surface area contributed by atoms with Crippen molar-refractivity contribution in [2.24, 2.45) is 0 Å². The lowest BCUT2D eigenvalue weighted by molar-refractivity contribution is 0.432. The Kier molecular flexibility index (Phi) is 4.51. The summed E-state index contributed by atoms with van der Waals surface area (Å²) in [6.07, 6.45) is 8.69. The fourth-order valence-electron chi connectivity index (χ4n) is 3.49. The largest absolute Gasteiger partial charge is 0.357 e. The second kappa shape index (κ2) is 7.46. The molecule has 4 aromatic rings. The molecule has 5 rings (SSSR count). The summed E-state index contributed by atoms with van der Waals surface area (Å²) in [7, 11) is 0. The van der Waals surface area contributed by atoms with Crippen molar-refractivity contribution in [2.75, 3.05) is 18.0 Å². The highest BCUT2D eigenvalue weighted by Crippen LogP contribution is 2.25. The number of pyridine rings is 1. The lowest BCUT2D eigenvalue weighted by Gasteiger charge is -2.27. The van der Waals surface area contributed by atoms with Gasteiger partial charge in [0.05, 0.1) is 11.8 Å². The van der Waals surface area contributed by atoms with Crippen LogP contribution in [0.5, 0.6) is 0 Å². The average Bonchev–Trinajstić information content (AvgIpc) is 3.45.